The zero-order chi connectivity index (χ0) is 17.9. The van der Waals surface area contributed by atoms with Crippen LogP contribution in [0, 0.1) is 5.92 Å². The van der Waals surface area contributed by atoms with Gasteiger partial charge in [0, 0.05) is 6.42 Å². The van der Waals surface area contributed by atoms with Crippen molar-refractivity contribution in [3.63, 3.8) is 0 Å². The van der Waals surface area contributed by atoms with Crippen molar-refractivity contribution in [3.8, 4) is 0 Å². The fourth-order valence-corrected chi connectivity index (χ4v) is 3.23. The summed E-state index contributed by atoms with van der Waals surface area (Å²) in [6, 6.07) is 0. The molecule has 0 aromatic rings. The third-order valence-corrected chi connectivity index (χ3v) is 4.97. The number of rotatable bonds is 19. The average Bonchev–Trinajstić information content (AvgIpc) is 2.59. The van der Waals surface area contributed by atoms with E-state index in [1.807, 2.05) is 0 Å². The molecule has 1 atom stereocenters. The number of unbranched alkanes of at least 4 members (excludes halogenated alkanes) is 13. The van der Waals surface area contributed by atoms with Gasteiger partial charge in [0.25, 0.3) is 0 Å². The van der Waals surface area contributed by atoms with Crippen LogP contribution in [-0.2, 0) is 9.59 Å². The summed E-state index contributed by atoms with van der Waals surface area (Å²) in [6.45, 7) is 4.36. The topological polar surface area (TPSA) is 34.1 Å². The highest BCUT2D eigenvalue weighted by Gasteiger charge is 2.15. The number of carbonyl (C=O) groups excluding carboxylic acids is 2. The third-order valence-electron chi connectivity index (χ3n) is 4.97. The van der Waals surface area contributed by atoms with Crippen LogP contribution in [0.25, 0.3) is 0 Å². The summed E-state index contributed by atoms with van der Waals surface area (Å²) in [5, 5.41) is 0. The first-order valence-corrected chi connectivity index (χ1v) is 10.7. The molecule has 1 unspecified atom stereocenters. The van der Waals surface area contributed by atoms with Gasteiger partial charge in [-0.1, -0.05) is 104 Å². The van der Waals surface area contributed by atoms with Crippen LogP contribution in [0.4, 0.5) is 0 Å². The van der Waals surface area contributed by atoms with E-state index in [9.17, 15) is 9.59 Å². The lowest BCUT2D eigenvalue weighted by atomic mass is 9.95. The molecule has 2 nitrogen and oxygen atoms in total. The van der Waals surface area contributed by atoms with E-state index in [-0.39, 0.29) is 11.7 Å². The molecule has 0 radical (unpaired) electrons. The molecule has 0 amide bonds. The molecular formula is C22H42O2. The number of aldehydes is 1. The normalized spacial score (nSPS) is 12.2. The van der Waals surface area contributed by atoms with Crippen molar-refractivity contribution in [3.05, 3.63) is 0 Å². The molecule has 0 bridgehead atoms. The summed E-state index contributed by atoms with van der Waals surface area (Å²) in [4.78, 5) is 22.9. The lowest BCUT2D eigenvalue weighted by molar-refractivity contribution is -0.127. The second-order valence-electron chi connectivity index (χ2n) is 7.34. The van der Waals surface area contributed by atoms with Crippen molar-refractivity contribution in [1.29, 1.82) is 0 Å². The van der Waals surface area contributed by atoms with Crippen LogP contribution >= 0.6 is 0 Å². The van der Waals surface area contributed by atoms with Crippen molar-refractivity contribution < 1.29 is 9.59 Å². The van der Waals surface area contributed by atoms with Crippen LogP contribution in [0.1, 0.15) is 123 Å². The maximum atomic E-state index is 12.0. The maximum Gasteiger partial charge on any atom is 0.143 e. The minimum Gasteiger partial charge on any atom is -0.303 e. The Kier molecular flexibility index (Phi) is 18.2. The van der Waals surface area contributed by atoms with E-state index in [2.05, 4.69) is 13.8 Å². The molecular weight excluding hydrogens is 296 g/mol. The molecule has 0 rings (SSSR count). The molecule has 142 valence electrons. The second kappa shape index (κ2) is 18.7. The highest BCUT2D eigenvalue weighted by molar-refractivity contribution is 5.93. The molecule has 0 saturated heterocycles. The fraction of sp³-hybridized carbons (Fsp3) is 0.909. The smallest absolute Gasteiger partial charge is 0.143 e. The van der Waals surface area contributed by atoms with Crippen LogP contribution in [0.15, 0.2) is 0 Å². The van der Waals surface area contributed by atoms with E-state index in [1.54, 1.807) is 0 Å². The van der Waals surface area contributed by atoms with E-state index in [0.29, 0.717) is 6.42 Å². The number of carbonyl (C=O) groups is 2. The van der Waals surface area contributed by atoms with Crippen LogP contribution in [0.2, 0.25) is 0 Å². The first kappa shape index (κ1) is 23.3. The minimum absolute atomic E-state index is 0.168. The summed E-state index contributed by atoms with van der Waals surface area (Å²) in [7, 11) is 0. The SMILES string of the molecule is CCCCCCCCCCCCCCCC(=O)C(C=O)CCCC. The van der Waals surface area contributed by atoms with Crippen molar-refractivity contribution >= 4 is 12.1 Å². The van der Waals surface area contributed by atoms with E-state index >= 15 is 0 Å². The quantitative estimate of drug-likeness (QED) is 0.144. The first-order valence-electron chi connectivity index (χ1n) is 10.7. The Morgan fingerprint density at radius 3 is 1.50 bits per heavy atom. The molecule has 0 fully saturated rings. The molecule has 0 aliphatic carbocycles. The molecule has 0 aliphatic heterocycles. The van der Waals surface area contributed by atoms with Crippen LogP contribution in [0.5, 0.6) is 0 Å². The summed E-state index contributed by atoms with van der Waals surface area (Å²) < 4.78 is 0. The highest BCUT2D eigenvalue weighted by atomic mass is 16.1. The summed E-state index contributed by atoms with van der Waals surface area (Å²) >= 11 is 0. The van der Waals surface area contributed by atoms with Gasteiger partial charge in [-0.25, -0.2) is 0 Å². The molecule has 0 saturated carbocycles. The van der Waals surface area contributed by atoms with Crippen molar-refractivity contribution in [1.82, 2.24) is 0 Å². The monoisotopic (exact) mass is 338 g/mol. The summed E-state index contributed by atoms with van der Waals surface area (Å²) in [5.41, 5.74) is 0. The van der Waals surface area contributed by atoms with E-state index in [4.69, 9.17) is 0 Å². The van der Waals surface area contributed by atoms with Gasteiger partial charge in [-0.2, -0.15) is 0 Å². The van der Waals surface area contributed by atoms with Gasteiger partial charge < -0.3 is 4.79 Å². The Hall–Kier alpha value is -0.660. The molecule has 0 N–H and O–H groups in total. The predicted octanol–water partition coefficient (Wildman–Crippen LogP) is 7.04. The van der Waals surface area contributed by atoms with Gasteiger partial charge >= 0.3 is 0 Å². The number of hydrogen-bond donors (Lipinski definition) is 0. The van der Waals surface area contributed by atoms with E-state index in [1.165, 1.54) is 70.6 Å². The molecule has 0 aromatic heterocycles. The fourth-order valence-electron chi connectivity index (χ4n) is 3.23. The lowest BCUT2D eigenvalue weighted by Crippen LogP contribution is -2.15. The molecule has 0 aliphatic rings. The predicted molar refractivity (Wildman–Crippen MR) is 104 cm³/mol. The Balaban J connectivity index is 3.32. The Morgan fingerprint density at radius 1 is 0.667 bits per heavy atom. The maximum absolute atomic E-state index is 12.0. The van der Waals surface area contributed by atoms with Crippen LogP contribution in [0.3, 0.4) is 0 Å². The van der Waals surface area contributed by atoms with Gasteiger partial charge in [0.05, 0.1) is 5.92 Å². The zero-order valence-corrected chi connectivity index (χ0v) is 16.5. The standard InChI is InChI=1S/C22H42O2/c1-3-5-7-8-9-10-11-12-13-14-15-16-17-19-22(24)21(20-23)18-6-4-2/h20-21H,3-19H2,1-2H3. The Bertz CT molecular complexity index is 286. The summed E-state index contributed by atoms with van der Waals surface area (Å²) in [5.74, 6) is -0.163. The number of hydrogen-bond acceptors (Lipinski definition) is 2. The zero-order valence-electron chi connectivity index (χ0n) is 16.5. The second-order valence-corrected chi connectivity index (χ2v) is 7.34. The number of Topliss-reactive ketones (excluding diaryl/α,β-unsaturated/α-hetero) is 1. The van der Waals surface area contributed by atoms with Gasteiger partial charge in [0.2, 0.25) is 0 Å². The van der Waals surface area contributed by atoms with Crippen LogP contribution in [-0.4, -0.2) is 12.1 Å². The largest absolute Gasteiger partial charge is 0.303 e. The molecule has 0 heterocycles. The molecule has 24 heavy (non-hydrogen) atoms. The highest BCUT2D eigenvalue weighted by Crippen LogP contribution is 2.15. The van der Waals surface area contributed by atoms with Crippen molar-refractivity contribution in [2.45, 2.75) is 123 Å². The molecule has 0 spiro atoms. The van der Waals surface area contributed by atoms with E-state index < -0.39 is 0 Å². The molecule has 2 heteroatoms. The number of ketones is 1. The minimum atomic E-state index is -0.331. The van der Waals surface area contributed by atoms with Crippen molar-refractivity contribution in [2.75, 3.05) is 0 Å². The Morgan fingerprint density at radius 2 is 1.08 bits per heavy atom. The average molecular weight is 339 g/mol. The van der Waals surface area contributed by atoms with Gasteiger partial charge in [0.1, 0.15) is 12.1 Å². The van der Waals surface area contributed by atoms with Gasteiger partial charge in [0.15, 0.2) is 0 Å². The van der Waals surface area contributed by atoms with Gasteiger partial charge in [-0.15, -0.1) is 0 Å². The third kappa shape index (κ3) is 14.9. The van der Waals surface area contributed by atoms with Gasteiger partial charge in [-0.05, 0) is 12.8 Å². The molecule has 0 aromatic carbocycles. The summed E-state index contributed by atoms with van der Waals surface area (Å²) in [6.07, 6.45) is 21.4. The van der Waals surface area contributed by atoms with Gasteiger partial charge in [-0.3, -0.25) is 4.79 Å². The van der Waals surface area contributed by atoms with Crippen LogP contribution < -0.4 is 0 Å². The first-order chi connectivity index (χ1) is 11.8. The Labute approximate surface area is 151 Å². The lowest BCUT2D eigenvalue weighted by Gasteiger charge is -2.08. The van der Waals surface area contributed by atoms with Crippen molar-refractivity contribution in [2.24, 2.45) is 5.92 Å². The van der Waals surface area contributed by atoms with E-state index in [0.717, 1.165) is 38.4 Å².